The highest BCUT2D eigenvalue weighted by molar-refractivity contribution is 5.88. The van der Waals surface area contributed by atoms with Crippen molar-refractivity contribution >= 4 is 11.8 Å². The summed E-state index contributed by atoms with van der Waals surface area (Å²) in [5.41, 5.74) is 0.798. The lowest BCUT2D eigenvalue weighted by Crippen LogP contribution is -2.51. The first-order valence-electron chi connectivity index (χ1n) is 9.00. The molecule has 1 aromatic heterocycles. The molecule has 1 saturated heterocycles. The van der Waals surface area contributed by atoms with E-state index >= 15 is 0 Å². The monoisotopic (exact) mass is 356 g/mol. The zero-order valence-electron chi connectivity index (χ0n) is 15.1. The van der Waals surface area contributed by atoms with E-state index in [1.54, 1.807) is 13.0 Å². The van der Waals surface area contributed by atoms with Gasteiger partial charge in [0, 0.05) is 31.1 Å². The third kappa shape index (κ3) is 3.39. The van der Waals surface area contributed by atoms with Crippen molar-refractivity contribution in [3.63, 3.8) is 0 Å². The molecule has 1 aromatic carbocycles. The molecule has 7 heteroatoms. The molecule has 1 spiro atoms. The van der Waals surface area contributed by atoms with Gasteiger partial charge in [-0.2, -0.15) is 0 Å². The first-order chi connectivity index (χ1) is 12.5. The van der Waals surface area contributed by atoms with Crippen molar-refractivity contribution in [2.45, 2.75) is 37.8 Å². The van der Waals surface area contributed by atoms with E-state index in [0.717, 1.165) is 43.7 Å². The summed E-state index contributed by atoms with van der Waals surface area (Å²) < 4.78 is 11.4. The largest absolute Gasteiger partial charge is 0.487 e. The Morgan fingerprint density at radius 3 is 2.81 bits per heavy atom. The third-order valence-electron chi connectivity index (χ3n) is 5.27. The molecule has 0 saturated carbocycles. The molecule has 2 N–H and O–H groups in total. The van der Waals surface area contributed by atoms with Gasteiger partial charge in [0.2, 0.25) is 0 Å². The highest BCUT2D eigenvalue weighted by Crippen LogP contribution is 2.44. The maximum atomic E-state index is 12.5. The van der Waals surface area contributed by atoms with Crippen molar-refractivity contribution in [1.29, 1.82) is 0 Å². The molecule has 2 aliphatic heterocycles. The average molecular weight is 356 g/mol. The molecule has 3 heterocycles. The summed E-state index contributed by atoms with van der Waals surface area (Å²) in [5, 5.41) is 9.63. The zero-order valence-corrected chi connectivity index (χ0v) is 15.1. The molecule has 1 atom stereocenters. The maximum absolute atomic E-state index is 12.5. The third-order valence-corrected chi connectivity index (χ3v) is 5.27. The quantitative estimate of drug-likeness (QED) is 0.864. The summed E-state index contributed by atoms with van der Waals surface area (Å²) in [6, 6.07) is 9.25. The van der Waals surface area contributed by atoms with Crippen LogP contribution < -0.4 is 15.4 Å². The normalized spacial score (nSPS) is 21.7. The van der Waals surface area contributed by atoms with Crippen molar-refractivity contribution in [2.24, 2.45) is 0 Å². The van der Waals surface area contributed by atoms with Gasteiger partial charge in [-0.15, -0.1) is 0 Å². The molecule has 0 radical (unpaired) electrons. The van der Waals surface area contributed by atoms with E-state index < -0.39 is 0 Å². The molecule has 4 rings (SSSR count). The molecule has 0 aliphatic carbocycles. The Kier molecular flexibility index (Phi) is 4.32. The minimum Gasteiger partial charge on any atom is -0.487 e. The van der Waals surface area contributed by atoms with Gasteiger partial charge in [-0.25, -0.2) is 4.79 Å². The number of ether oxygens (including phenoxy) is 1. The van der Waals surface area contributed by atoms with E-state index in [9.17, 15) is 4.79 Å². The Hall–Kier alpha value is -2.54. The molecule has 7 nitrogen and oxygen atoms in total. The minimum atomic E-state index is -0.289. The number of piperidine rings is 1. The van der Waals surface area contributed by atoms with E-state index in [-0.39, 0.29) is 17.7 Å². The number of hydrogen-bond acceptors (Lipinski definition) is 5. The fourth-order valence-corrected chi connectivity index (χ4v) is 3.82. The fourth-order valence-electron chi connectivity index (χ4n) is 3.82. The Balaban J connectivity index is 1.52. The highest BCUT2D eigenvalue weighted by Gasteiger charge is 2.43. The summed E-state index contributed by atoms with van der Waals surface area (Å²) in [5.74, 6) is 1.93. The van der Waals surface area contributed by atoms with Crippen LogP contribution in [0.15, 0.2) is 34.9 Å². The van der Waals surface area contributed by atoms with Gasteiger partial charge in [0.1, 0.15) is 17.1 Å². The van der Waals surface area contributed by atoms with Gasteiger partial charge in [-0.05, 0) is 32.9 Å². The van der Waals surface area contributed by atoms with Crippen molar-refractivity contribution in [1.82, 2.24) is 15.4 Å². The zero-order chi connectivity index (χ0) is 18.1. The van der Waals surface area contributed by atoms with Gasteiger partial charge >= 0.3 is 6.03 Å². The number of likely N-dealkylation sites (tertiary alicyclic amines) is 1. The van der Waals surface area contributed by atoms with E-state index in [4.69, 9.17) is 9.26 Å². The van der Waals surface area contributed by atoms with Crippen molar-refractivity contribution < 1.29 is 14.1 Å². The standard InChI is InChI=1S/C19H24N4O3/c1-13-11-17(22-26-13)21-18(24)20-15-12-19(7-9-23(2)10-8-19)25-16-6-4-3-5-14(15)16/h3-6,11,15H,7-10,12H2,1-2H3,(H2,20,21,22,24)/t15-/m0/s1. The van der Waals surface area contributed by atoms with Crippen molar-refractivity contribution in [2.75, 3.05) is 25.5 Å². The molecule has 2 aromatic rings. The number of amides is 2. The van der Waals surface area contributed by atoms with Gasteiger partial charge in [0.15, 0.2) is 5.82 Å². The number of carbonyl (C=O) groups is 1. The molecular formula is C19H24N4O3. The number of rotatable bonds is 2. The molecule has 2 amide bonds. The first-order valence-corrected chi connectivity index (χ1v) is 9.00. The summed E-state index contributed by atoms with van der Waals surface area (Å²) in [7, 11) is 2.13. The predicted octanol–water partition coefficient (Wildman–Crippen LogP) is 3.09. The minimum absolute atomic E-state index is 0.101. The number of nitrogens with one attached hydrogen (secondary N) is 2. The Labute approximate surface area is 152 Å². The molecular weight excluding hydrogens is 332 g/mol. The second-order valence-electron chi connectivity index (χ2n) is 7.30. The molecule has 2 aliphatic rings. The lowest BCUT2D eigenvalue weighted by Gasteiger charge is -2.46. The van der Waals surface area contributed by atoms with Gasteiger partial charge in [0.25, 0.3) is 0 Å². The number of carbonyl (C=O) groups excluding carboxylic acids is 1. The van der Waals surface area contributed by atoms with Crippen LogP contribution in [-0.2, 0) is 0 Å². The van der Waals surface area contributed by atoms with E-state index in [1.807, 2.05) is 24.3 Å². The number of aryl methyl sites for hydroxylation is 1. The molecule has 0 bridgehead atoms. The number of para-hydroxylation sites is 1. The summed E-state index contributed by atoms with van der Waals surface area (Å²) in [6.45, 7) is 3.78. The number of aromatic nitrogens is 1. The van der Waals surface area contributed by atoms with Gasteiger partial charge in [-0.1, -0.05) is 23.4 Å². The van der Waals surface area contributed by atoms with Crippen LogP contribution >= 0.6 is 0 Å². The van der Waals surface area contributed by atoms with Gasteiger partial charge < -0.3 is 19.5 Å². The van der Waals surface area contributed by atoms with Crippen LogP contribution in [0.1, 0.15) is 36.6 Å². The molecule has 1 fully saturated rings. The van der Waals surface area contributed by atoms with Crippen LogP contribution in [0.5, 0.6) is 5.75 Å². The predicted molar refractivity (Wildman–Crippen MR) is 97.3 cm³/mol. The molecule has 138 valence electrons. The van der Waals surface area contributed by atoms with Gasteiger partial charge in [0.05, 0.1) is 6.04 Å². The number of nitrogens with zero attached hydrogens (tertiary/aromatic N) is 2. The van der Waals surface area contributed by atoms with E-state index in [0.29, 0.717) is 11.6 Å². The Bertz CT molecular complexity index is 796. The van der Waals surface area contributed by atoms with Gasteiger partial charge in [-0.3, -0.25) is 5.32 Å². The second-order valence-corrected chi connectivity index (χ2v) is 7.30. The molecule has 26 heavy (non-hydrogen) atoms. The van der Waals surface area contributed by atoms with Crippen LogP contribution in [0, 0.1) is 6.92 Å². The summed E-state index contributed by atoms with van der Waals surface area (Å²) in [4.78, 5) is 14.8. The second kappa shape index (κ2) is 6.64. The van der Waals surface area contributed by atoms with Crippen LogP contribution in [0.3, 0.4) is 0 Å². The lowest BCUT2D eigenvalue weighted by atomic mass is 9.80. The number of benzene rings is 1. The van der Waals surface area contributed by atoms with Crippen LogP contribution in [0.4, 0.5) is 10.6 Å². The van der Waals surface area contributed by atoms with Crippen LogP contribution in [0.2, 0.25) is 0 Å². The van der Waals surface area contributed by atoms with Crippen molar-refractivity contribution in [3.05, 3.63) is 41.7 Å². The number of fused-ring (bicyclic) bond motifs is 1. The van der Waals surface area contributed by atoms with E-state index in [1.165, 1.54) is 0 Å². The SMILES string of the molecule is Cc1cc(NC(=O)N[C@H]2CC3(CCN(C)CC3)Oc3ccccc32)no1. The van der Waals surface area contributed by atoms with Crippen molar-refractivity contribution in [3.8, 4) is 5.75 Å². The highest BCUT2D eigenvalue weighted by atomic mass is 16.5. The Morgan fingerprint density at radius 2 is 2.08 bits per heavy atom. The summed E-state index contributed by atoms with van der Waals surface area (Å²) >= 11 is 0. The smallest absolute Gasteiger partial charge is 0.320 e. The topological polar surface area (TPSA) is 79.6 Å². The first kappa shape index (κ1) is 16.9. The fraction of sp³-hybridized carbons (Fsp3) is 0.474. The average Bonchev–Trinajstić information content (AvgIpc) is 3.02. The number of hydrogen-bond donors (Lipinski definition) is 2. The Morgan fingerprint density at radius 1 is 1.31 bits per heavy atom. The van der Waals surface area contributed by atoms with Crippen LogP contribution in [-0.4, -0.2) is 41.8 Å². The number of anilines is 1. The molecule has 0 unspecified atom stereocenters. The number of urea groups is 1. The van der Waals surface area contributed by atoms with E-state index in [2.05, 4.69) is 27.7 Å². The maximum Gasteiger partial charge on any atom is 0.320 e. The lowest BCUT2D eigenvalue weighted by molar-refractivity contribution is -0.0188. The van der Waals surface area contributed by atoms with Crippen LogP contribution in [0.25, 0.3) is 0 Å². The summed E-state index contributed by atoms with van der Waals surface area (Å²) in [6.07, 6.45) is 2.68.